The fourth-order valence-corrected chi connectivity index (χ4v) is 2.50. The van der Waals surface area contributed by atoms with Crippen molar-refractivity contribution in [2.75, 3.05) is 14.2 Å². The predicted molar refractivity (Wildman–Crippen MR) is 104 cm³/mol. The molecule has 0 radical (unpaired) electrons. The molecule has 0 aliphatic heterocycles. The molecule has 2 aromatic carbocycles. The summed E-state index contributed by atoms with van der Waals surface area (Å²) in [6.45, 7) is 1.99. The van der Waals surface area contributed by atoms with Crippen LogP contribution in [0.3, 0.4) is 0 Å². The van der Waals surface area contributed by atoms with Crippen LogP contribution in [-0.4, -0.2) is 25.1 Å². The Bertz CT molecular complexity index is 819. The molecule has 4 nitrogen and oxygen atoms in total. The average Bonchev–Trinajstić information content (AvgIpc) is 2.65. The molecule has 0 saturated heterocycles. The molecule has 0 saturated carbocycles. The zero-order chi connectivity index (χ0) is 18.9. The molecule has 0 aromatic heterocycles. The Morgan fingerprint density at radius 3 is 2.54 bits per heavy atom. The first kappa shape index (κ1) is 19.3. The fraction of sp³-hybridized carbons (Fsp3) is 0.227. The van der Waals surface area contributed by atoms with Crippen LogP contribution in [0.5, 0.6) is 17.2 Å². The van der Waals surface area contributed by atoms with E-state index < -0.39 is 0 Å². The highest BCUT2D eigenvalue weighted by Gasteiger charge is 2.04. The second-order valence-electron chi connectivity index (χ2n) is 5.92. The third-order valence-corrected chi connectivity index (χ3v) is 4.02. The van der Waals surface area contributed by atoms with Gasteiger partial charge in [-0.3, -0.25) is 4.79 Å². The van der Waals surface area contributed by atoms with Crippen LogP contribution in [0.15, 0.2) is 54.6 Å². The molecule has 26 heavy (non-hydrogen) atoms. The van der Waals surface area contributed by atoms with E-state index >= 15 is 0 Å². The highest BCUT2D eigenvalue weighted by molar-refractivity contribution is 5.90. The van der Waals surface area contributed by atoms with Crippen LogP contribution in [0.4, 0.5) is 0 Å². The number of ketones is 1. The summed E-state index contributed by atoms with van der Waals surface area (Å²) < 4.78 is 10.4. The average molecular weight is 352 g/mol. The van der Waals surface area contributed by atoms with Gasteiger partial charge in [0.2, 0.25) is 0 Å². The first-order chi connectivity index (χ1) is 12.5. The Hall–Kier alpha value is -3.01. The smallest absolute Gasteiger partial charge is 0.160 e. The molecule has 2 aromatic rings. The van der Waals surface area contributed by atoms with Crippen LogP contribution < -0.4 is 9.47 Å². The minimum Gasteiger partial charge on any atom is -0.504 e. The van der Waals surface area contributed by atoms with Crippen LogP contribution in [0, 0.1) is 6.92 Å². The number of hydrogen-bond acceptors (Lipinski definition) is 4. The van der Waals surface area contributed by atoms with Gasteiger partial charge in [-0.25, -0.2) is 0 Å². The molecule has 0 amide bonds. The second kappa shape index (κ2) is 9.47. The number of methoxy groups -OCH3 is 2. The molecule has 0 atom stereocenters. The molecule has 2 rings (SSSR count). The molecule has 0 spiro atoms. The van der Waals surface area contributed by atoms with Gasteiger partial charge in [0, 0.05) is 6.42 Å². The van der Waals surface area contributed by atoms with Crippen molar-refractivity contribution in [3.8, 4) is 17.2 Å². The number of allylic oxidation sites excluding steroid dienone is 3. The molecule has 0 aliphatic rings. The van der Waals surface area contributed by atoms with Crippen LogP contribution in [-0.2, 0) is 11.2 Å². The van der Waals surface area contributed by atoms with Crippen molar-refractivity contribution >= 4 is 11.9 Å². The normalized spacial score (nSPS) is 11.2. The van der Waals surface area contributed by atoms with Crippen molar-refractivity contribution in [2.45, 2.75) is 19.8 Å². The van der Waals surface area contributed by atoms with Gasteiger partial charge in [-0.2, -0.15) is 0 Å². The maximum Gasteiger partial charge on any atom is 0.160 e. The van der Waals surface area contributed by atoms with Gasteiger partial charge in [-0.1, -0.05) is 36.4 Å². The molecule has 0 heterocycles. The molecule has 0 fully saturated rings. The minimum atomic E-state index is 0.0446. The topological polar surface area (TPSA) is 55.8 Å². The van der Waals surface area contributed by atoms with Gasteiger partial charge in [0.05, 0.1) is 14.2 Å². The lowest BCUT2D eigenvalue weighted by atomic mass is 10.1. The number of carbonyl (C=O) groups is 1. The largest absolute Gasteiger partial charge is 0.504 e. The van der Waals surface area contributed by atoms with Gasteiger partial charge < -0.3 is 14.6 Å². The molecule has 1 N–H and O–H groups in total. The van der Waals surface area contributed by atoms with Gasteiger partial charge in [0.15, 0.2) is 17.3 Å². The number of aromatic hydroxyl groups is 1. The fourth-order valence-electron chi connectivity index (χ4n) is 2.50. The minimum absolute atomic E-state index is 0.0446. The number of benzene rings is 2. The lowest BCUT2D eigenvalue weighted by molar-refractivity contribution is -0.114. The summed E-state index contributed by atoms with van der Waals surface area (Å²) in [5.41, 5.74) is 3.05. The van der Waals surface area contributed by atoms with Crippen LogP contribution in [0.25, 0.3) is 6.08 Å². The van der Waals surface area contributed by atoms with Crippen molar-refractivity contribution < 1.29 is 19.4 Å². The van der Waals surface area contributed by atoms with Crippen molar-refractivity contribution in [1.82, 2.24) is 0 Å². The Morgan fingerprint density at radius 2 is 1.81 bits per heavy atom. The standard InChI is InChI=1S/C22H24O4/c1-16-8-9-17(14-21(16)25-2)6-4-5-7-19(23)12-10-18-11-13-20(24)22(15-18)26-3/h4-9,11,13-15,24H,10,12H2,1-3H3/b6-4+,7-5+. The summed E-state index contributed by atoms with van der Waals surface area (Å²) in [7, 11) is 3.15. The molecular weight excluding hydrogens is 328 g/mol. The number of carbonyl (C=O) groups excluding carboxylic acids is 1. The zero-order valence-corrected chi connectivity index (χ0v) is 15.4. The Balaban J connectivity index is 1.87. The zero-order valence-electron chi connectivity index (χ0n) is 15.4. The van der Waals surface area contributed by atoms with Gasteiger partial charge in [-0.05, 0) is 54.3 Å². The van der Waals surface area contributed by atoms with Gasteiger partial charge in [-0.15, -0.1) is 0 Å². The van der Waals surface area contributed by atoms with Gasteiger partial charge in [0.1, 0.15) is 5.75 Å². The number of phenolic OH excluding ortho intramolecular Hbond substituents is 1. The van der Waals surface area contributed by atoms with E-state index in [1.807, 2.05) is 37.3 Å². The van der Waals surface area contributed by atoms with E-state index in [1.165, 1.54) is 7.11 Å². The number of ether oxygens (including phenoxy) is 2. The van der Waals surface area contributed by atoms with Crippen LogP contribution >= 0.6 is 0 Å². The van der Waals surface area contributed by atoms with Crippen molar-refractivity contribution in [3.63, 3.8) is 0 Å². The molecule has 0 aliphatic carbocycles. The van der Waals surface area contributed by atoms with E-state index in [-0.39, 0.29) is 11.5 Å². The first-order valence-corrected chi connectivity index (χ1v) is 8.41. The van der Waals surface area contributed by atoms with Crippen LogP contribution in [0.2, 0.25) is 0 Å². The van der Waals surface area contributed by atoms with Crippen molar-refractivity contribution in [2.24, 2.45) is 0 Å². The number of phenols is 1. The highest BCUT2D eigenvalue weighted by Crippen LogP contribution is 2.26. The Morgan fingerprint density at radius 1 is 1.04 bits per heavy atom. The summed E-state index contributed by atoms with van der Waals surface area (Å²) in [5, 5.41) is 9.58. The van der Waals surface area contributed by atoms with E-state index in [1.54, 1.807) is 37.5 Å². The second-order valence-corrected chi connectivity index (χ2v) is 5.92. The van der Waals surface area contributed by atoms with Crippen LogP contribution in [0.1, 0.15) is 23.1 Å². The van der Waals surface area contributed by atoms with E-state index in [2.05, 4.69) is 0 Å². The van der Waals surface area contributed by atoms with Crippen molar-refractivity contribution in [3.05, 3.63) is 71.3 Å². The van der Waals surface area contributed by atoms with E-state index in [0.29, 0.717) is 18.6 Å². The van der Waals surface area contributed by atoms with Gasteiger partial charge in [0.25, 0.3) is 0 Å². The Kier molecular flexibility index (Phi) is 7.03. The quantitative estimate of drug-likeness (QED) is 0.562. The third kappa shape index (κ3) is 5.52. The summed E-state index contributed by atoms with van der Waals surface area (Å²) in [5.74, 6) is 1.40. The lowest BCUT2D eigenvalue weighted by Crippen LogP contribution is -1.96. The summed E-state index contributed by atoms with van der Waals surface area (Å²) in [4.78, 5) is 12.0. The van der Waals surface area contributed by atoms with E-state index in [4.69, 9.17) is 9.47 Å². The monoisotopic (exact) mass is 352 g/mol. The van der Waals surface area contributed by atoms with E-state index in [9.17, 15) is 9.90 Å². The predicted octanol–water partition coefficient (Wildman–Crippen LogP) is 4.49. The van der Waals surface area contributed by atoms with E-state index in [0.717, 1.165) is 22.4 Å². The molecule has 0 bridgehead atoms. The molecule has 4 heteroatoms. The number of rotatable bonds is 8. The maximum absolute atomic E-state index is 12.0. The lowest BCUT2D eigenvalue weighted by Gasteiger charge is -2.05. The van der Waals surface area contributed by atoms with Crippen molar-refractivity contribution in [1.29, 1.82) is 0 Å². The molecular formula is C22H24O4. The highest BCUT2D eigenvalue weighted by atomic mass is 16.5. The maximum atomic E-state index is 12.0. The SMILES string of the molecule is COc1cc(/C=C/C=C/C(=O)CCc2ccc(O)c(OC)c2)ccc1C. The molecule has 0 unspecified atom stereocenters. The summed E-state index contributed by atoms with van der Waals surface area (Å²) in [6.07, 6.45) is 8.07. The summed E-state index contributed by atoms with van der Waals surface area (Å²) in [6, 6.07) is 11.1. The van der Waals surface area contributed by atoms with Gasteiger partial charge >= 0.3 is 0 Å². The number of aryl methyl sites for hydroxylation is 2. The first-order valence-electron chi connectivity index (χ1n) is 8.41. The number of hydrogen-bond donors (Lipinski definition) is 1. The third-order valence-electron chi connectivity index (χ3n) is 4.02. The summed E-state index contributed by atoms with van der Waals surface area (Å²) >= 11 is 0. The molecule has 136 valence electrons. The Labute approximate surface area is 154 Å².